The molecule has 5 nitrogen and oxygen atoms in total. The first kappa shape index (κ1) is 14.3. The first-order valence-electron chi connectivity index (χ1n) is 7.29. The fraction of sp³-hybridized carbons (Fsp3) is 0.857. The van der Waals surface area contributed by atoms with Gasteiger partial charge in [0.1, 0.15) is 0 Å². The summed E-state index contributed by atoms with van der Waals surface area (Å²) in [5, 5.41) is 8.93. The third kappa shape index (κ3) is 4.20. The van der Waals surface area contributed by atoms with Gasteiger partial charge in [0.15, 0.2) is 6.10 Å². The van der Waals surface area contributed by atoms with Crippen molar-refractivity contribution in [1.82, 2.24) is 4.90 Å². The SMILES string of the molecule is O=C(O)[C@@H]1CN(C(=O)CC2CCCCCC2)CCO1. The first-order chi connectivity index (χ1) is 9.16. The molecule has 0 unspecified atom stereocenters. The third-order valence-electron chi connectivity index (χ3n) is 4.13. The average molecular weight is 269 g/mol. The normalized spacial score (nSPS) is 25.9. The molecule has 0 spiro atoms. The number of carboxylic acid groups (broad SMARTS) is 1. The number of ether oxygens (including phenoxy) is 1. The Labute approximate surface area is 113 Å². The maximum Gasteiger partial charge on any atom is 0.334 e. The van der Waals surface area contributed by atoms with E-state index in [1.807, 2.05) is 0 Å². The number of carbonyl (C=O) groups is 2. The lowest BCUT2D eigenvalue weighted by atomic mass is 9.96. The number of hydrogen-bond donors (Lipinski definition) is 1. The number of carbonyl (C=O) groups excluding carboxylic acids is 1. The Morgan fingerprint density at radius 3 is 2.47 bits per heavy atom. The molecule has 1 saturated carbocycles. The molecule has 5 heteroatoms. The van der Waals surface area contributed by atoms with Crippen LogP contribution in [-0.4, -0.2) is 47.7 Å². The van der Waals surface area contributed by atoms with Gasteiger partial charge in [-0.05, 0) is 18.8 Å². The van der Waals surface area contributed by atoms with Crippen molar-refractivity contribution in [2.45, 2.75) is 51.0 Å². The highest BCUT2D eigenvalue weighted by molar-refractivity contribution is 5.78. The van der Waals surface area contributed by atoms with E-state index < -0.39 is 12.1 Å². The highest BCUT2D eigenvalue weighted by Gasteiger charge is 2.29. The molecule has 1 heterocycles. The topological polar surface area (TPSA) is 66.8 Å². The molecule has 2 rings (SSSR count). The van der Waals surface area contributed by atoms with Gasteiger partial charge in [-0.15, -0.1) is 0 Å². The van der Waals surface area contributed by atoms with E-state index in [0.29, 0.717) is 25.5 Å². The van der Waals surface area contributed by atoms with Gasteiger partial charge >= 0.3 is 5.97 Å². The lowest BCUT2D eigenvalue weighted by Gasteiger charge is -2.31. The zero-order valence-corrected chi connectivity index (χ0v) is 11.3. The summed E-state index contributed by atoms with van der Waals surface area (Å²) in [6, 6.07) is 0. The van der Waals surface area contributed by atoms with Crippen LogP contribution >= 0.6 is 0 Å². The van der Waals surface area contributed by atoms with E-state index in [2.05, 4.69) is 0 Å². The van der Waals surface area contributed by atoms with Crippen LogP contribution in [0.3, 0.4) is 0 Å². The van der Waals surface area contributed by atoms with Crippen LogP contribution in [0.4, 0.5) is 0 Å². The van der Waals surface area contributed by atoms with Crippen molar-refractivity contribution >= 4 is 11.9 Å². The molecule has 19 heavy (non-hydrogen) atoms. The van der Waals surface area contributed by atoms with Crippen LogP contribution in [0.25, 0.3) is 0 Å². The predicted octanol–water partition coefficient (Wildman–Crippen LogP) is 1.66. The van der Waals surface area contributed by atoms with Crippen molar-refractivity contribution in [2.75, 3.05) is 19.7 Å². The summed E-state index contributed by atoms with van der Waals surface area (Å²) in [5.74, 6) is -0.394. The quantitative estimate of drug-likeness (QED) is 0.791. The molecule has 0 bridgehead atoms. The van der Waals surface area contributed by atoms with Gasteiger partial charge in [-0.3, -0.25) is 4.79 Å². The number of hydrogen-bond acceptors (Lipinski definition) is 3. The second-order valence-electron chi connectivity index (χ2n) is 5.60. The summed E-state index contributed by atoms with van der Waals surface area (Å²) in [6.07, 6.45) is 7.00. The minimum absolute atomic E-state index is 0.0986. The Morgan fingerprint density at radius 2 is 1.84 bits per heavy atom. The van der Waals surface area contributed by atoms with Crippen molar-refractivity contribution < 1.29 is 19.4 Å². The maximum absolute atomic E-state index is 12.2. The zero-order chi connectivity index (χ0) is 13.7. The fourth-order valence-electron chi connectivity index (χ4n) is 2.97. The summed E-state index contributed by atoms with van der Waals surface area (Å²) in [7, 11) is 0. The number of morpholine rings is 1. The molecule has 108 valence electrons. The van der Waals surface area contributed by atoms with Gasteiger partial charge in [0.05, 0.1) is 13.2 Å². The summed E-state index contributed by atoms with van der Waals surface area (Å²) in [4.78, 5) is 24.8. The number of carboxylic acids is 1. The van der Waals surface area contributed by atoms with Gasteiger partial charge < -0.3 is 14.7 Å². The van der Waals surface area contributed by atoms with E-state index in [1.54, 1.807) is 4.90 Å². The van der Waals surface area contributed by atoms with Crippen molar-refractivity contribution in [2.24, 2.45) is 5.92 Å². The van der Waals surface area contributed by atoms with E-state index in [1.165, 1.54) is 25.7 Å². The van der Waals surface area contributed by atoms with Gasteiger partial charge in [-0.2, -0.15) is 0 Å². The minimum Gasteiger partial charge on any atom is -0.479 e. The van der Waals surface area contributed by atoms with Gasteiger partial charge in [0, 0.05) is 13.0 Å². The molecular weight excluding hydrogens is 246 g/mol. The van der Waals surface area contributed by atoms with Crippen LogP contribution in [0.5, 0.6) is 0 Å². The van der Waals surface area contributed by atoms with E-state index in [-0.39, 0.29) is 12.5 Å². The maximum atomic E-state index is 12.2. The molecule has 0 aromatic carbocycles. The average Bonchev–Trinajstić information content (AvgIpc) is 2.67. The van der Waals surface area contributed by atoms with Crippen molar-refractivity contribution in [1.29, 1.82) is 0 Å². The molecule has 0 aromatic heterocycles. The highest BCUT2D eigenvalue weighted by Crippen LogP contribution is 2.26. The largest absolute Gasteiger partial charge is 0.479 e. The van der Waals surface area contributed by atoms with Gasteiger partial charge in [-0.1, -0.05) is 25.7 Å². The van der Waals surface area contributed by atoms with Crippen LogP contribution < -0.4 is 0 Å². The minimum atomic E-state index is -0.980. The summed E-state index contributed by atoms with van der Waals surface area (Å²) >= 11 is 0. The molecule has 1 saturated heterocycles. The predicted molar refractivity (Wildman–Crippen MR) is 69.8 cm³/mol. The number of amides is 1. The van der Waals surface area contributed by atoms with Crippen molar-refractivity contribution in [3.05, 3.63) is 0 Å². The number of nitrogens with zero attached hydrogens (tertiary/aromatic N) is 1. The van der Waals surface area contributed by atoms with Gasteiger partial charge in [0.2, 0.25) is 5.91 Å². The molecule has 0 aromatic rings. The summed E-state index contributed by atoms with van der Waals surface area (Å²) in [5.41, 5.74) is 0. The van der Waals surface area contributed by atoms with Gasteiger partial charge in [0.25, 0.3) is 0 Å². The van der Waals surface area contributed by atoms with Crippen molar-refractivity contribution in [3.8, 4) is 0 Å². The zero-order valence-electron chi connectivity index (χ0n) is 11.3. The van der Waals surface area contributed by atoms with Crippen molar-refractivity contribution in [3.63, 3.8) is 0 Å². The molecule has 0 radical (unpaired) electrons. The van der Waals surface area contributed by atoms with E-state index in [0.717, 1.165) is 12.8 Å². The van der Waals surface area contributed by atoms with E-state index in [9.17, 15) is 9.59 Å². The van der Waals surface area contributed by atoms with Crippen LogP contribution in [0.15, 0.2) is 0 Å². The second-order valence-corrected chi connectivity index (χ2v) is 5.60. The van der Waals surface area contributed by atoms with E-state index in [4.69, 9.17) is 9.84 Å². The van der Waals surface area contributed by atoms with Crippen LogP contribution in [0.2, 0.25) is 0 Å². The Balaban J connectivity index is 1.83. The molecule has 1 amide bonds. The lowest BCUT2D eigenvalue weighted by Crippen LogP contribution is -2.48. The van der Waals surface area contributed by atoms with Crippen LogP contribution in [0, 0.1) is 5.92 Å². The first-order valence-corrected chi connectivity index (χ1v) is 7.29. The Kier molecular flexibility index (Phi) is 5.19. The molecule has 2 fully saturated rings. The summed E-state index contributed by atoms with van der Waals surface area (Å²) in [6.45, 7) is 1.05. The standard InChI is InChI=1S/C14H23NO4/c16-13(9-11-5-3-1-2-4-6-11)15-7-8-19-12(10-15)14(17)18/h11-12H,1-10H2,(H,17,18)/t12-/m0/s1. The molecular formula is C14H23NO4. The molecule has 2 aliphatic rings. The fourth-order valence-corrected chi connectivity index (χ4v) is 2.97. The Morgan fingerprint density at radius 1 is 1.16 bits per heavy atom. The highest BCUT2D eigenvalue weighted by atomic mass is 16.5. The second kappa shape index (κ2) is 6.89. The number of aliphatic carboxylic acids is 1. The smallest absolute Gasteiger partial charge is 0.334 e. The molecule has 1 N–H and O–H groups in total. The van der Waals surface area contributed by atoms with Crippen LogP contribution in [0.1, 0.15) is 44.9 Å². The van der Waals surface area contributed by atoms with E-state index >= 15 is 0 Å². The summed E-state index contributed by atoms with van der Waals surface area (Å²) < 4.78 is 5.14. The van der Waals surface area contributed by atoms with Crippen LogP contribution in [-0.2, 0) is 14.3 Å². The monoisotopic (exact) mass is 269 g/mol. The Bertz CT molecular complexity index is 323. The third-order valence-corrected chi connectivity index (χ3v) is 4.13. The Hall–Kier alpha value is -1.10. The molecule has 1 aliphatic heterocycles. The molecule has 1 aliphatic carbocycles. The lowest BCUT2D eigenvalue weighted by molar-refractivity contribution is -0.159. The number of rotatable bonds is 3. The molecule has 1 atom stereocenters. The van der Waals surface area contributed by atoms with Gasteiger partial charge in [-0.25, -0.2) is 4.79 Å².